The summed E-state index contributed by atoms with van der Waals surface area (Å²) in [6.07, 6.45) is 5.09. The Balaban J connectivity index is 2.49. The lowest BCUT2D eigenvalue weighted by molar-refractivity contribution is -0.0498. The molecule has 2 nitrogen and oxygen atoms in total. The second-order valence-corrected chi connectivity index (χ2v) is 4.05. The first-order chi connectivity index (χ1) is 8.61. The van der Waals surface area contributed by atoms with E-state index in [9.17, 15) is 8.78 Å². The second-order valence-electron chi connectivity index (χ2n) is 4.05. The maximum absolute atomic E-state index is 11.9. The van der Waals surface area contributed by atoms with E-state index in [0.29, 0.717) is 6.04 Å². The van der Waals surface area contributed by atoms with Gasteiger partial charge in [-0.1, -0.05) is 31.2 Å². The average Bonchev–Trinajstić information content (AvgIpc) is 2.35. The molecule has 1 rings (SSSR count). The number of alkyl halides is 2. The molecule has 18 heavy (non-hydrogen) atoms. The molecule has 0 amide bonds. The highest BCUT2D eigenvalue weighted by molar-refractivity contribution is 5.51. The second kappa shape index (κ2) is 7.82. The standard InChI is InChI=1S/C14H19F2NO/c1-3-10-17-11(2)4-5-12-6-8-13(9-7-12)18-14(15)16/h4-9,11,14,17H,3,10H2,1-2H3/b5-4+. The third kappa shape index (κ3) is 5.77. The molecule has 4 heteroatoms. The maximum atomic E-state index is 11.9. The number of hydrogen-bond donors (Lipinski definition) is 1. The number of ether oxygens (including phenoxy) is 1. The summed E-state index contributed by atoms with van der Waals surface area (Å²) in [4.78, 5) is 0. The van der Waals surface area contributed by atoms with Gasteiger partial charge in [0.05, 0.1) is 0 Å². The van der Waals surface area contributed by atoms with Crippen molar-refractivity contribution in [3.8, 4) is 5.75 Å². The lowest BCUT2D eigenvalue weighted by Crippen LogP contribution is -2.24. The van der Waals surface area contributed by atoms with E-state index in [-0.39, 0.29) is 5.75 Å². The minimum Gasteiger partial charge on any atom is -0.435 e. The van der Waals surface area contributed by atoms with Crippen LogP contribution >= 0.6 is 0 Å². The van der Waals surface area contributed by atoms with E-state index >= 15 is 0 Å². The number of rotatable bonds is 7. The third-order valence-corrected chi connectivity index (χ3v) is 2.40. The summed E-state index contributed by atoms with van der Waals surface area (Å²) >= 11 is 0. The van der Waals surface area contributed by atoms with Crippen LogP contribution in [0.15, 0.2) is 30.3 Å². The Hall–Kier alpha value is -1.42. The molecule has 0 saturated carbocycles. The van der Waals surface area contributed by atoms with Gasteiger partial charge in [0.2, 0.25) is 0 Å². The van der Waals surface area contributed by atoms with Gasteiger partial charge >= 0.3 is 6.61 Å². The monoisotopic (exact) mass is 255 g/mol. The van der Waals surface area contributed by atoms with E-state index in [4.69, 9.17) is 0 Å². The molecule has 0 heterocycles. The van der Waals surface area contributed by atoms with Gasteiger partial charge in [0.15, 0.2) is 0 Å². The van der Waals surface area contributed by atoms with Crippen LogP contribution in [0, 0.1) is 0 Å². The lowest BCUT2D eigenvalue weighted by atomic mass is 10.1. The first-order valence-electron chi connectivity index (χ1n) is 6.08. The molecule has 1 aromatic carbocycles. The van der Waals surface area contributed by atoms with Gasteiger partial charge in [0, 0.05) is 6.04 Å². The van der Waals surface area contributed by atoms with E-state index in [0.717, 1.165) is 18.5 Å². The summed E-state index contributed by atoms with van der Waals surface area (Å²) in [6.45, 7) is 2.39. The quantitative estimate of drug-likeness (QED) is 0.802. The van der Waals surface area contributed by atoms with Crippen LogP contribution in [0.2, 0.25) is 0 Å². The summed E-state index contributed by atoms with van der Waals surface area (Å²) in [5.74, 6) is 0.180. The topological polar surface area (TPSA) is 21.3 Å². The van der Waals surface area contributed by atoms with Crippen LogP contribution in [0.1, 0.15) is 25.8 Å². The number of hydrogen-bond acceptors (Lipinski definition) is 2. The predicted molar refractivity (Wildman–Crippen MR) is 69.9 cm³/mol. The van der Waals surface area contributed by atoms with Gasteiger partial charge in [0.25, 0.3) is 0 Å². The van der Waals surface area contributed by atoms with Crippen molar-refractivity contribution in [3.63, 3.8) is 0 Å². The number of benzene rings is 1. The van der Waals surface area contributed by atoms with E-state index in [1.165, 1.54) is 12.1 Å². The maximum Gasteiger partial charge on any atom is 0.387 e. The first kappa shape index (κ1) is 14.6. The Morgan fingerprint density at radius 1 is 1.28 bits per heavy atom. The summed E-state index contributed by atoms with van der Waals surface area (Å²) in [7, 11) is 0. The average molecular weight is 255 g/mol. The van der Waals surface area contributed by atoms with Crippen molar-refractivity contribution in [3.05, 3.63) is 35.9 Å². The fourth-order valence-corrected chi connectivity index (χ4v) is 1.46. The summed E-state index contributed by atoms with van der Waals surface area (Å²) in [5.41, 5.74) is 0.960. The SMILES string of the molecule is CCCNC(C)/C=C/c1ccc(OC(F)F)cc1. The molecule has 0 aromatic heterocycles. The van der Waals surface area contributed by atoms with E-state index in [2.05, 4.69) is 23.9 Å². The van der Waals surface area contributed by atoms with Crippen LogP contribution in [-0.2, 0) is 0 Å². The molecule has 0 aliphatic rings. The zero-order chi connectivity index (χ0) is 13.4. The normalized spacial score (nSPS) is 13.2. The first-order valence-corrected chi connectivity index (χ1v) is 6.08. The number of halogens is 2. The van der Waals surface area contributed by atoms with Crippen LogP contribution in [0.3, 0.4) is 0 Å². The zero-order valence-corrected chi connectivity index (χ0v) is 10.7. The molecule has 0 spiro atoms. The van der Waals surface area contributed by atoms with Gasteiger partial charge in [0.1, 0.15) is 5.75 Å². The van der Waals surface area contributed by atoms with Crippen molar-refractivity contribution in [2.24, 2.45) is 0 Å². The van der Waals surface area contributed by atoms with Gasteiger partial charge in [-0.3, -0.25) is 0 Å². The minimum absolute atomic E-state index is 0.180. The highest BCUT2D eigenvalue weighted by Crippen LogP contribution is 2.15. The fourth-order valence-electron chi connectivity index (χ4n) is 1.46. The van der Waals surface area contributed by atoms with Crippen LogP contribution in [0.4, 0.5) is 8.78 Å². The van der Waals surface area contributed by atoms with Gasteiger partial charge in [-0.15, -0.1) is 0 Å². The zero-order valence-electron chi connectivity index (χ0n) is 10.7. The molecular formula is C14H19F2NO. The summed E-state index contributed by atoms with van der Waals surface area (Å²) in [5, 5.41) is 3.33. The Bertz CT molecular complexity index is 363. The molecule has 1 atom stereocenters. The fraction of sp³-hybridized carbons (Fsp3) is 0.429. The molecule has 0 bridgehead atoms. The van der Waals surface area contributed by atoms with Crippen LogP contribution in [-0.4, -0.2) is 19.2 Å². The van der Waals surface area contributed by atoms with Crippen LogP contribution in [0.5, 0.6) is 5.75 Å². The Kier molecular flexibility index (Phi) is 6.36. The smallest absolute Gasteiger partial charge is 0.387 e. The van der Waals surface area contributed by atoms with E-state index < -0.39 is 6.61 Å². The van der Waals surface area contributed by atoms with E-state index in [1.54, 1.807) is 12.1 Å². The van der Waals surface area contributed by atoms with E-state index in [1.807, 2.05) is 12.2 Å². The van der Waals surface area contributed by atoms with Crippen molar-refractivity contribution < 1.29 is 13.5 Å². The molecular weight excluding hydrogens is 236 g/mol. The van der Waals surface area contributed by atoms with Gasteiger partial charge in [-0.05, 0) is 37.6 Å². The Morgan fingerprint density at radius 3 is 2.50 bits per heavy atom. The van der Waals surface area contributed by atoms with Crippen molar-refractivity contribution in [2.75, 3.05) is 6.54 Å². The summed E-state index contributed by atoms with van der Waals surface area (Å²) < 4.78 is 28.2. The molecule has 0 saturated heterocycles. The molecule has 0 aliphatic carbocycles. The highest BCUT2D eigenvalue weighted by atomic mass is 19.3. The molecule has 0 aliphatic heterocycles. The van der Waals surface area contributed by atoms with Crippen LogP contribution < -0.4 is 10.1 Å². The molecule has 1 aromatic rings. The Labute approximate surface area is 107 Å². The number of nitrogens with one attached hydrogen (secondary N) is 1. The van der Waals surface area contributed by atoms with Gasteiger partial charge in [-0.25, -0.2) is 0 Å². The van der Waals surface area contributed by atoms with Gasteiger partial charge < -0.3 is 10.1 Å². The minimum atomic E-state index is -2.77. The molecule has 0 fully saturated rings. The third-order valence-electron chi connectivity index (χ3n) is 2.40. The Morgan fingerprint density at radius 2 is 1.94 bits per heavy atom. The largest absolute Gasteiger partial charge is 0.435 e. The van der Waals surface area contributed by atoms with Crippen LogP contribution in [0.25, 0.3) is 6.08 Å². The highest BCUT2D eigenvalue weighted by Gasteiger charge is 2.02. The lowest BCUT2D eigenvalue weighted by Gasteiger charge is -2.07. The van der Waals surface area contributed by atoms with Crippen molar-refractivity contribution in [1.29, 1.82) is 0 Å². The molecule has 0 radical (unpaired) electrons. The van der Waals surface area contributed by atoms with Crippen molar-refractivity contribution >= 4 is 6.08 Å². The van der Waals surface area contributed by atoms with Gasteiger partial charge in [-0.2, -0.15) is 8.78 Å². The van der Waals surface area contributed by atoms with Crippen molar-refractivity contribution in [1.82, 2.24) is 5.32 Å². The summed E-state index contributed by atoms with van der Waals surface area (Å²) in [6, 6.07) is 6.87. The molecule has 100 valence electrons. The predicted octanol–water partition coefficient (Wildman–Crippen LogP) is 3.69. The molecule has 1 unspecified atom stereocenters. The molecule has 1 N–H and O–H groups in total. The van der Waals surface area contributed by atoms with Crippen molar-refractivity contribution in [2.45, 2.75) is 32.9 Å².